The van der Waals surface area contributed by atoms with Crippen molar-refractivity contribution in [3.05, 3.63) is 119 Å². The maximum atomic E-state index is 15.5. The molecule has 0 aliphatic heterocycles. The number of hydrogen-bond acceptors (Lipinski definition) is 3. The zero-order chi connectivity index (χ0) is 28.0. The highest BCUT2D eigenvalue weighted by Gasteiger charge is 2.45. The Balaban J connectivity index is 1.42. The molecule has 3 aromatic carbocycles. The summed E-state index contributed by atoms with van der Waals surface area (Å²) in [7, 11) is 1.48. The molecule has 2 amide bonds. The van der Waals surface area contributed by atoms with Gasteiger partial charge in [0.05, 0.1) is 16.6 Å². The van der Waals surface area contributed by atoms with Gasteiger partial charge in [0.1, 0.15) is 11.5 Å². The first-order valence-electron chi connectivity index (χ1n) is 13.0. The molecule has 0 bridgehead atoms. The van der Waals surface area contributed by atoms with Crippen molar-refractivity contribution >= 4 is 17.3 Å². The van der Waals surface area contributed by atoms with Gasteiger partial charge >= 0.3 is 0 Å². The van der Waals surface area contributed by atoms with E-state index < -0.39 is 17.7 Å². The number of aryl methyl sites for hydroxylation is 1. The van der Waals surface area contributed by atoms with Crippen molar-refractivity contribution in [3.63, 3.8) is 0 Å². The molecule has 1 aliphatic carbocycles. The first kappa shape index (κ1) is 25.4. The van der Waals surface area contributed by atoms with Gasteiger partial charge in [0.15, 0.2) is 0 Å². The van der Waals surface area contributed by atoms with Crippen molar-refractivity contribution in [1.82, 2.24) is 20.2 Å². The van der Waals surface area contributed by atoms with Crippen LogP contribution in [-0.4, -0.2) is 28.5 Å². The molecule has 0 radical (unpaired) electrons. The van der Waals surface area contributed by atoms with Crippen molar-refractivity contribution < 1.29 is 18.4 Å². The Morgan fingerprint density at radius 3 is 2.27 bits per heavy atom. The van der Waals surface area contributed by atoms with E-state index >= 15 is 4.39 Å². The Kier molecular flexibility index (Phi) is 6.18. The Morgan fingerprint density at radius 2 is 1.60 bits per heavy atom. The van der Waals surface area contributed by atoms with Crippen LogP contribution >= 0.6 is 0 Å². The molecule has 0 atom stereocenters. The quantitative estimate of drug-likeness (QED) is 0.260. The lowest BCUT2D eigenvalue weighted by Crippen LogP contribution is -2.34. The van der Waals surface area contributed by atoms with E-state index in [1.54, 1.807) is 18.2 Å². The molecule has 200 valence electrons. The number of rotatable bonds is 6. The summed E-state index contributed by atoms with van der Waals surface area (Å²) in [6, 6.07) is 23.8. The van der Waals surface area contributed by atoms with Crippen LogP contribution in [0.25, 0.3) is 27.9 Å². The van der Waals surface area contributed by atoms with Gasteiger partial charge in [-0.15, -0.1) is 0 Å². The van der Waals surface area contributed by atoms with Crippen LogP contribution in [0.2, 0.25) is 0 Å². The standard InChI is InChI=1S/C32H26F2N4O2/c1-19-8-9-21(30(39)36-32(14-15-32)23-6-4-3-5-7-23)16-25(19)22-17-26-28(31(40)35-2)29(37-38(26)27(34)18-22)20-10-12-24(33)13-11-20/h3-13,16-18H,14-15H2,1-2H3,(H,35,40)(H,36,39). The van der Waals surface area contributed by atoms with Crippen LogP contribution in [0, 0.1) is 18.7 Å². The molecule has 2 aromatic heterocycles. The van der Waals surface area contributed by atoms with Crippen molar-refractivity contribution in [2.24, 2.45) is 0 Å². The monoisotopic (exact) mass is 536 g/mol. The summed E-state index contributed by atoms with van der Waals surface area (Å²) >= 11 is 0. The first-order chi connectivity index (χ1) is 19.3. The van der Waals surface area contributed by atoms with E-state index in [0.717, 1.165) is 28.5 Å². The van der Waals surface area contributed by atoms with Crippen LogP contribution in [0.3, 0.4) is 0 Å². The number of carbonyl (C=O) groups excluding carboxylic acids is 2. The molecule has 0 saturated heterocycles. The third-order valence-corrected chi connectivity index (χ3v) is 7.50. The third kappa shape index (κ3) is 4.41. The fourth-order valence-corrected chi connectivity index (χ4v) is 5.15. The van der Waals surface area contributed by atoms with Crippen LogP contribution in [0.15, 0.2) is 84.9 Å². The van der Waals surface area contributed by atoms with E-state index in [1.165, 1.54) is 37.4 Å². The predicted molar refractivity (Wildman–Crippen MR) is 149 cm³/mol. The fraction of sp³-hybridized carbons (Fsp3) is 0.156. The fourth-order valence-electron chi connectivity index (χ4n) is 5.15. The maximum Gasteiger partial charge on any atom is 0.255 e. The Morgan fingerprint density at radius 1 is 0.875 bits per heavy atom. The van der Waals surface area contributed by atoms with Gasteiger partial charge in [-0.25, -0.2) is 8.91 Å². The number of fused-ring (bicyclic) bond motifs is 1. The minimum absolute atomic E-state index is 0.167. The Labute approximate surface area is 229 Å². The van der Waals surface area contributed by atoms with E-state index in [4.69, 9.17) is 0 Å². The number of amides is 2. The van der Waals surface area contributed by atoms with Gasteiger partial charge in [-0.3, -0.25) is 9.59 Å². The third-order valence-electron chi connectivity index (χ3n) is 7.50. The summed E-state index contributed by atoms with van der Waals surface area (Å²) in [5.74, 6) is -1.77. The van der Waals surface area contributed by atoms with Crippen molar-refractivity contribution in [3.8, 4) is 22.4 Å². The lowest BCUT2D eigenvalue weighted by molar-refractivity contribution is 0.0929. The minimum Gasteiger partial charge on any atom is -0.355 e. The van der Waals surface area contributed by atoms with Gasteiger partial charge in [0, 0.05) is 24.2 Å². The van der Waals surface area contributed by atoms with Crippen LogP contribution < -0.4 is 10.6 Å². The van der Waals surface area contributed by atoms with Crippen LogP contribution in [0.4, 0.5) is 8.78 Å². The highest BCUT2D eigenvalue weighted by Crippen LogP contribution is 2.45. The Bertz CT molecular complexity index is 1780. The van der Waals surface area contributed by atoms with Gasteiger partial charge < -0.3 is 10.6 Å². The van der Waals surface area contributed by atoms with Crippen LogP contribution in [0.1, 0.15) is 44.7 Å². The molecule has 0 spiro atoms. The molecule has 40 heavy (non-hydrogen) atoms. The lowest BCUT2D eigenvalue weighted by atomic mass is 9.97. The van der Waals surface area contributed by atoms with Crippen molar-refractivity contribution in [2.75, 3.05) is 7.05 Å². The minimum atomic E-state index is -0.679. The first-order valence-corrected chi connectivity index (χ1v) is 13.0. The Hall–Kier alpha value is -4.85. The molecular formula is C32H26F2N4O2. The van der Waals surface area contributed by atoms with Crippen LogP contribution in [0.5, 0.6) is 0 Å². The zero-order valence-electron chi connectivity index (χ0n) is 22.0. The van der Waals surface area contributed by atoms with Crippen LogP contribution in [-0.2, 0) is 5.54 Å². The van der Waals surface area contributed by atoms with E-state index in [1.807, 2.05) is 43.3 Å². The molecule has 0 unspecified atom stereocenters. The van der Waals surface area contributed by atoms with E-state index in [0.29, 0.717) is 22.3 Å². The lowest BCUT2D eigenvalue weighted by Gasteiger charge is -2.18. The normalized spacial score (nSPS) is 13.7. The molecule has 1 aliphatic rings. The van der Waals surface area contributed by atoms with Gasteiger partial charge in [-0.05, 0) is 84.5 Å². The molecule has 1 fully saturated rings. The average molecular weight is 537 g/mol. The van der Waals surface area contributed by atoms with E-state index in [9.17, 15) is 14.0 Å². The summed E-state index contributed by atoms with van der Waals surface area (Å²) in [5, 5.41) is 10.1. The highest BCUT2D eigenvalue weighted by molar-refractivity contribution is 6.07. The number of aromatic nitrogens is 2. The molecule has 5 aromatic rings. The summed E-state index contributed by atoms with van der Waals surface area (Å²) in [6.45, 7) is 1.88. The largest absolute Gasteiger partial charge is 0.355 e. The number of nitrogens with zero attached hydrogens (tertiary/aromatic N) is 2. The van der Waals surface area contributed by atoms with E-state index in [2.05, 4.69) is 15.7 Å². The molecule has 1 saturated carbocycles. The molecule has 6 rings (SSSR count). The second-order valence-electron chi connectivity index (χ2n) is 10.1. The van der Waals surface area contributed by atoms with Gasteiger partial charge in [-0.1, -0.05) is 36.4 Å². The predicted octanol–water partition coefficient (Wildman–Crippen LogP) is 6.03. The SMILES string of the molecule is CNC(=O)c1c(-c2ccc(F)cc2)nn2c(F)cc(-c3cc(C(=O)NC4(c5ccccc5)CC4)ccc3C)cc12. The second-order valence-corrected chi connectivity index (χ2v) is 10.1. The summed E-state index contributed by atoms with van der Waals surface area (Å²) in [5.41, 5.74) is 4.28. The smallest absolute Gasteiger partial charge is 0.255 e. The number of benzene rings is 3. The number of nitrogens with one attached hydrogen (secondary N) is 2. The van der Waals surface area contributed by atoms with Gasteiger partial charge in [0.2, 0.25) is 5.95 Å². The van der Waals surface area contributed by atoms with E-state index in [-0.39, 0.29) is 28.2 Å². The molecule has 2 N–H and O–H groups in total. The molecule has 2 heterocycles. The number of halogens is 2. The van der Waals surface area contributed by atoms with Crippen molar-refractivity contribution in [2.45, 2.75) is 25.3 Å². The second kappa shape index (κ2) is 9.72. The molecular weight excluding hydrogens is 510 g/mol. The molecule has 8 heteroatoms. The van der Waals surface area contributed by atoms with Gasteiger partial charge in [0.25, 0.3) is 11.8 Å². The average Bonchev–Trinajstić information content (AvgIpc) is 3.64. The molecule has 6 nitrogen and oxygen atoms in total. The summed E-state index contributed by atoms with van der Waals surface area (Å²) < 4.78 is 30.1. The summed E-state index contributed by atoms with van der Waals surface area (Å²) in [4.78, 5) is 26.3. The van der Waals surface area contributed by atoms with Gasteiger partial charge in [-0.2, -0.15) is 9.49 Å². The number of hydrogen-bond donors (Lipinski definition) is 2. The zero-order valence-corrected chi connectivity index (χ0v) is 22.0. The maximum absolute atomic E-state index is 15.5. The summed E-state index contributed by atoms with van der Waals surface area (Å²) in [6.07, 6.45) is 1.73. The highest BCUT2D eigenvalue weighted by atomic mass is 19.1. The number of pyridine rings is 1. The number of carbonyl (C=O) groups is 2. The van der Waals surface area contributed by atoms with Crippen molar-refractivity contribution in [1.29, 1.82) is 0 Å². The topological polar surface area (TPSA) is 75.5 Å².